The largest absolute Gasteiger partial charge is 0.586 e. The van der Waals surface area contributed by atoms with Gasteiger partial charge in [-0.05, 0) is 37.0 Å². The van der Waals surface area contributed by atoms with E-state index in [-0.39, 0.29) is 29.3 Å². The van der Waals surface area contributed by atoms with E-state index in [0.717, 1.165) is 5.56 Å². The van der Waals surface area contributed by atoms with Gasteiger partial charge >= 0.3 is 12.3 Å². The predicted molar refractivity (Wildman–Crippen MR) is 60.1 cm³/mol. The fraction of sp³-hybridized carbons (Fsp3) is 0.462. The van der Waals surface area contributed by atoms with Gasteiger partial charge in [0.2, 0.25) is 0 Å². The first kappa shape index (κ1) is 12.2. The van der Waals surface area contributed by atoms with Crippen molar-refractivity contribution in [3.63, 3.8) is 0 Å². The van der Waals surface area contributed by atoms with Crippen LogP contribution in [0.4, 0.5) is 8.78 Å². The molecule has 1 aromatic carbocycles. The van der Waals surface area contributed by atoms with Crippen LogP contribution >= 0.6 is 0 Å². The summed E-state index contributed by atoms with van der Waals surface area (Å²) in [5.74, 6) is -0.377. The maximum absolute atomic E-state index is 12.9. The van der Waals surface area contributed by atoms with Crippen LogP contribution < -0.4 is 9.47 Å². The van der Waals surface area contributed by atoms with Crippen LogP contribution in [0, 0.1) is 5.92 Å². The molecule has 0 saturated heterocycles. The number of carbonyl (C=O) groups is 1. The minimum atomic E-state index is -3.61. The molecule has 0 radical (unpaired) electrons. The Balaban J connectivity index is 1.74. The monoisotopic (exact) mass is 270 g/mol. The van der Waals surface area contributed by atoms with Crippen molar-refractivity contribution in [1.82, 2.24) is 0 Å². The number of fused-ring (bicyclic) bond motifs is 1. The molecule has 3 rings (SSSR count). The molecule has 1 aliphatic carbocycles. The fourth-order valence-electron chi connectivity index (χ4n) is 2.27. The quantitative estimate of drug-likeness (QED) is 0.792. The van der Waals surface area contributed by atoms with Gasteiger partial charge in [0.1, 0.15) is 0 Å². The molecule has 1 fully saturated rings. The van der Waals surface area contributed by atoms with E-state index in [4.69, 9.17) is 4.74 Å². The van der Waals surface area contributed by atoms with Crippen molar-refractivity contribution in [2.45, 2.75) is 25.6 Å². The third-order valence-electron chi connectivity index (χ3n) is 3.23. The van der Waals surface area contributed by atoms with Gasteiger partial charge in [-0.25, -0.2) is 0 Å². The van der Waals surface area contributed by atoms with E-state index in [1.165, 1.54) is 12.1 Å². The number of alkyl halides is 2. The van der Waals surface area contributed by atoms with Crippen LogP contribution in [0.25, 0.3) is 0 Å². The maximum Gasteiger partial charge on any atom is 0.586 e. The highest BCUT2D eigenvalue weighted by Crippen LogP contribution is 2.51. The molecule has 0 amide bonds. The topological polar surface area (TPSA) is 44.8 Å². The molecule has 0 bridgehead atoms. The van der Waals surface area contributed by atoms with Gasteiger partial charge in [0.05, 0.1) is 12.5 Å². The molecule has 0 spiro atoms. The summed E-state index contributed by atoms with van der Waals surface area (Å²) in [5, 5.41) is 0. The molecular formula is C13H12F2O4. The number of esters is 1. The van der Waals surface area contributed by atoms with Crippen LogP contribution in [0.2, 0.25) is 0 Å². The number of hydrogen-bond donors (Lipinski definition) is 0. The molecule has 6 heteroatoms. The summed E-state index contributed by atoms with van der Waals surface area (Å²) in [6, 6.07) is 4.61. The Kier molecular flexibility index (Phi) is 2.62. The van der Waals surface area contributed by atoms with Gasteiger partial charge in [-0.1, -0.05) is 6.07 Å². The molecule has 102 valence electrons. The van der Waals surface area contributed by atoms with Crippen LogP contribution in [-0.4, -0.2) is 18.9 Å². The van der Waals surface area contributed by atoms with Crippen LogP contribution in [0.15, 0.2) is 18.2 Å². The summed E-state index contributed by atoms with van der Waals surface area (Å²) in [4.78, 5) is 11.5. The highest BCUT2D eigenvalue weighted by atomic mass is 19.3. The number of benzene rings is 1. The first-order chi connectivity index (χ1) is 9.00. The van der Waals surface area contributed by atoms with Crippen molar-refractivity contribution >= 4 is 5.97 Å². The second-order valence-corrected chi connectivity index (χ2v) is 4.57. The van der Waals surface area contributed by atoms with Gasteiger partial charge in [0.15, 0.2) is 11.5 Å². The molecule has 2 aliphatic rings. The Morgan fingerprint density at radius 1 is 1.42 bits per heavy atom. The number of rotatable bonds is 3. The SMILES string of the molecule is CCOC(=O)C1CC1c1ccc2c(c1)OC(F)(F)O2. The zero-order chi connectivity index (χ0) is 13.6. The number of ether oxygens (including phenoxy) is 3. The van der Waals surface area contributed by atoms with Crippen LogP contribution in [0.5, 0.6) is 11.5 Å². The van der Waals surface area contributed by atoms with Crippen LogP contribution in [0.1, 0.15) is 24.8 Å². The number of hydrogen-bond acceptors (Lipinski definition) is 4. The molecule has 2 atom stereocenters. The lowest BCUT2D eigenvalue weighted by Gasteiger charge is -2.04. The zero-order valence-corrected chi connectivity index (χ0v) is 10.2. The van der Waals surface area contributed by atoms with Gasteiger partial charge < -0.3 is 14.2 Å². The Morgan fingerprint density at radius 3 is 2.89 bits per heavy atom. The number of halogens is 2. The smallest absolute Gasteiger partial charge is 0.466 e. The molecule has 0 aromatic heterocycles. The van der Waals surface area contributed by atoms with Gasteiger partial charge in [0, 0.05) is 0 Å². The lowest BCUT2D eigenvalue weighted by atomic mass is 10.1. The summed E-state index contributed by atoms with van der Waals surface area (Å²) in [7, 11) is 0. The van der Waals surface area contributed by atoms with Crippen molar-refractivity contribution in [2.24, 2.45) is 5.92 Å². The van der Waals surface area contributed by atoms with Gasteiger partial charge in [-0.15, -0.1) is 8.78 Å². The minimum absolute atomic E-state index is 0.0111. The van der Waals surface area contributed by atoms with Crippen LogP contribution in [-0.2, 0) is 9.53 Å². The van der Waals surface area contributed by atoms with Crippen molar-refractivity contribution in [2.75, 3.05) is 6.61 Å². The van der Waals surface area contributed by atoms with Gasteiger partial charge in [-0.3, -0.25) is 4.79 Å². The summed E-state index contributed by atoms with van der Waals surface area (Å²) >= 11 is 0. The third kappa shape index (κ3) is 2.22. The standard InChI is InChI=1S/C13H12F2O4/c1-2-17-12(16)9-6-8(9)7-3-4-10-11(5-7)19-13(14,15)18-10/h3-5,8-9H,2,6H2,1H3. The van der Waals surface area contributed by atoms with Crippen molar-refractivity contribution < 1.29 is 27.8 Å². The third-order valence-corrected chi connectivity index (χ3v) is 3.23. The average Bonchev–Trinajstić information content (AvgIpc) is 3.05. The van der Waals surface area contributed by atoms with Crippen molar-refractivity contribution in [1.29, 1.82) is 0 Å². The van der Waals surface area contributed by atoms with E-state index in [1.807, 2.05) is 0 Å². The van der Waals surface area contributed by atoms with Crippen LogP contribution in [0.3, 0.4) is 0 Å². The molecule has 0 N–H and O–H groups in total. The van der Waals surface area contributed by atoms with Gasteiger partial charge in [0.25, 0.3) is 0 Å². The maximum atomic E-state index is 12.9. The molecule has 19 heavy (non-hydrogen) atoms. The van der Waals surface area contributed by atoms with Crippen molar-refractivity contribution in [3.8, 4) is 11.5 Å². The molecular weight excluding hydrogens is 258 g/mol. The average molecular weight is 270 g/mol. The van der Waals surface area contributed by atoms with E-state index in [9.17, 15) is 13.6 Å². The molecule has 2 unspecified atom stereocenters. The van der Waals surface area contributed by atoms with E-state index in [0.29, 0.717) is 13.0 Å². The summed E-state index contributed by atoms with van der Waals surface area (Å²) in [5.41, 5.74) is 0.790. The molecule has 1 aromatic rings. The predicted octanol–water partition coefficient (Wildman–Crippen LogP) is 2.67. The van der Waals surface area contributed by atoms with E-state index >= 15 is 0 Å². The molecule has 1 saturated carbocycles. The Bertz CT molecular complexity index is 529. The zero-order valence-electron chi connectivity index (χ0n) is 10.2. The van der Waals surface area contributed by atoms with E-state index < -0.39 is 6.29 Å². The molecule has 4 nitrogen and oxygen atoms in total. The Morgan fingerprint density at radius 2 is 2.16 bits per heavy atom. The van der Waals surface area contributed by atoms with Gasteiger partial charge in [-0.2, -0.15) is 0 Å². The minimum Gasteiger partial charge on any atom is -0.466 e. The summed E-state index contributed by atoms with van der Waals surface area (Å²) in [6.07, 6.45) is -2.93. The Hall–Kier alpha value is -1.85. The first-order valence-electron chi connectivity index (χ1n) is 6.06. The Labute approximate surface area is 108 Å². The normalized spacial score (nSPS) is 26.1. The highest BCUT2D eigenvalue weighted by molar-refractivity contribution is 5.77. The first-order valence-corrected chi connectivity index (χ1v) is 6.06. The summed E-state index contributed by atoms with van der Waals surface area (Å²) in [6.45, 7) is 2.09. The lowest BCUT2D eigenvalue weighted by Crippen LogP contribution is -2.25. The molecule has 1 aliphatic heterocycles. The lowest BCUT2D eigenvalue weighted by molar-refractivity contribution is -0.286. The second kappa shape index (κ2) is 4.08. The fourth-order valence-corrected chi connectivity index (χ4v) is 2.27. The second-order valence-electron chi connectivity index (χ2n) is 4.57. The van der Waals surface area contributed by atoms with E-state index in [1.54, 1.807) is 13.0 Å². The molecule has 1 heterocycles. The number of carbonyl (C=O) groups excluding carboxylic acids is 1. The highest BCUT2D eigenvalue weighted by Gasteiger charge is 2.47. The summed E-state index contributed by atoms with van der Waals surface area (Å²) < 4.78 is 39.4. The van der Waals surface area contributed by atoms with Crippen molar-refractivity contribution in [3.05, 3.63) is 23.8 Å². The van der Waals surface area contributed by atoms with E-state index in [2.05, 4.69) is 9.47 Å².